The van der Waals surface area contributed by atoms with Gasteiger partial charge in [0.15, 0.2) is 34.6 Å². The van der Waals surface area contributed by atoms with E-state index >= 15 is 0 Å². The van der Waals surface area contributed by atoms with Gasteiger partial charge in [0.1, 0.15) is 0 Å². The summed E-state index contributed by atoms with van der Waals surface area (Å²) in [5.74, 6) is -1.37. The molecule has 1 aliphatic carbocycles. The lowest BCUT2D eigenvalue weighted by atomic mass is 9.74. The molecule has 0 amide bonds. The fourth-order valence-electron chi connectivity index (χ4n) is 5.21. The van der Waals surface area contributed by atoms with Crippen LogP contribution in [0.15, 0.2) is 72.4 Å². The molecule has 0 saturated heterocycles. The number of hydrogen-bond acceptors (Lipinski definition) is 6. The van der Waals surface area contributed by atoms with E-state index in [1.807, 2.05) is 13.0 Å². The SMILES string of the molecule is CC=CCC(C)(C)CCC1CCCC(C=C(C(=O)C=Cc2ccc(O)c(O)c2)C(=O)C=Cc2ccc(O)c(O)c2)C1. The first-order valence-electron chi connectivity index (χ1n) is 14.3. The Morgan fingerprint density at radius 3 is 1.93 bits per heavy atom. The molecule has 0 aromatic heterocycles. The summed E-state index contributed by atoms with van der Waals surface area (Å²) >= 11 is 0. The molecule has 0 bridgehead atoms. The Bertz CT molecular complexity index is 1270. The monoisotopic (exact) mass is 558 g/mol. The molecule has 0 heterocycles. The summed E-state index contributed by atoms with van der Waals surface area (Å²) in [7, 11) is 0. The molecule has 2 aromatic carbocycles. The van der Waals surface area contributed by atoms with Gasteiger partial charge in [-0.05, 0) is 104 Å². The quantitative estimate of drug-likeness (QED) is 0.0692. The highest BCUT2D eigenvalue weighted by atomic mass is 16.3. The molecule has 0 radical (unpaired) electrons. The van der Waals surface area contributed by atoms with Crippen LogP contribution in [-0.2, 0) is 9.59 Å². The van der Waals surface area contributed by atoms with Gasteiger partial charge in [-0.3, -0.25) is 9.59 Å². The largest absolute Gasteiger partial charge is 0.504 e. The number of rotatable bonds is 12. The smallest absolute Gasteiger partial charge is 0.189 e. The van der Waals surface area contributed by atoms with Gasteiger partial charge in [-0.1, -0.05) is 69.2 Å². The molecule has 1 fully saturated rings. The normalized spacial score (nSPS) is 17.8. The fourth-order valence-corrected chi connectivity index (χ4v) is 5.21. The van der Waals surface area contributed by atoms with Crippen molar-refractivity contribution in [2.24, 2.45) is 17.3 Å². The molecule has 41 heavy (non-hydrogen) atoms. The van der Waals surface area contributed by atoms with Crippen LogP contribution in [0.4, 0.5) is 0 Å². The average molecular weight is 559 g/mol. The van der Waals surface area contributed by atoms with E-state index in [0.29, 0.717) is 17.0 Å². The number of benzene rings is 2. The molecule has 4 N–H and O–H groups in total. The van der Waals surface area contributed by atoms with E-state index in [1.54, 1.807) is 12.1 Å². The number of carbonyl (C=O) groups is 2. The predicted molar refractivity (Wildman–Crippen MR) is 164 cm³/mol. The zero-order valence-electron chi connectivity index (χ0n) is 24.2. The van der Waals surface area contributed by atoms with Crippen LogP contribution in [-0.4, -0.2) is 32.0 Å². The Labute approximate surface area is 243 Å². The fraction of sp³-hybridized carbons (Fsp3) is 0.371. The Morgan fingerprint density at radius 1 is 0.854 bits per heavy atom. The maximum Gasteiger partial charge on any atom is 0.189 e. The molecule has 0 spiro atoms. The second-order valence-corrected chi connectivity index (χ2v) is 11.7. The number of phenolic OH excluding ortho intramolecular Hbond substituents is 4. The maximum absolute atomic E-state index is 13.3. The van der Waals surface area contributed by atoms with Crippen molar-refractivity contribution >= 4 is 23.7 Å². The van der Waals surface area contributed by atoms with Crippen LogP contribution in [0.25, 0.3) is 12.2 Å². The van der Waals surface area contributed by atoms with Crippen LogP contribution in [0.1, 0.15) is 76.8 Å². The first kappa shape index (κ1) is 31.5. The summed E-state index contributed by atoms with van der Waals surface area (Å²) < 4.78 is 0. The van der Waals surface area contributed by atoms with Gasteiger partial charge < -0.3 is 20.4 Å². The molecule has 2 aromatic rings. The summed E-state index contributed by atoms with van der Waals surface area (Å²) in [4.78, 5) is 26.7. The first-order chi connectivity index (χ1) is 19.5. The second-order valence-electron chi connectivity index (χ2n) is 11.7. The minimum atomic E-state index is -0.449. The summed E-state index contributed by atoms with van der Waals surface area (Å²) in [5.41, 5.74) is 1.32. The lowest BCUT2D eigenvalue weighted by Crippen LogP contribution is -2.19. The lowest BCUT2D eigenvalue weighted by Gasteiger charge is -2.31. The summed E-state index contributed by atoms with van der Waals surface area (Å²) in [5, 5.41) is 38.7. The van der Waals surface area contributed by atoms with Gasteiger partial charge in [0.2, 0.25) is 0 Å². The van der Waals surface area contributed by atoms with Crippen LogP contribution in [0.3, 0.4) is 0 Å². The van der Waals surface area contributed by atoms with Crippen molar-refractivity contribution in [3.63, 3.8) is 0 Å². The van der Waals surface area contributed by atoms with Gasteiger partial charge in [-0.25, -0.2) is 0 Å². The summed E-state index contributed by atoms with van der Waals surface area (Å²) in [6.45, 7) is 6.63. The van der Waals surface area contributed by atoms with Crippen LogP contribution in [0.2, 0.25) is 0 Å². The highest BCUT2D eigenvalue weighted by molar-refractivity contribution is 6.28. The third-order valence-corrected chi connectivity index (χ3v) is 7.75. The number of aromatic hydroxyl groups is 4. The van der Waals surface area contributed by atoms with E-state index in [2.05, 4.69) is 26.0 Å². The summed E-state index contributed by atoms with van der Waals surface area (Å²) in [6.07, 6.45) is 19.0. The van der Waals surface area contributed by atoms with Crippen LogP contribution >= 0.6 is 0 Å². The molecule has 1 saturated carbocycles. The van der Waals surface area contributed by atoms with Gasteiger partial charge in [-0.2, -0.15) is 0 Å². The van der Waals surface area contributed by atoms with Crippen molar-refractivity contribution in [3.05, 3.63) is 83.5 Å². The van der Waals surface area contributed by atoms with Crippen molar-refractivity contribution in [2.45, 2.75) is 65.7 Å². The molecule has 6 heteroatoms. The average Bonchev–Trinajstić information content (AvgIpc) is 2.95. The minimum absolute atomic E-state index is 0.0718. The minimum Gasteiger partial charge on any atom is -0.504 e. The van der Waals surface area contributed by atoms with E-state index in [4.69, 9.17) is 0 Å². The van der Waals surface area contributed by atoms with E-state index in [9.17, 15) is 30.0 Å². The first-order valence-corrected chi connectivity index (χ1v) is 14.3. The Morgan fingerprint density at radius 2 is 1.41 bits per heavy atom. The summed E-state index contributed by atoms with van der Waals surface area (Å²) in [6, 6.07) is 8.46. The Kier molecular flexibility index (Phi) is 11.2. The third-order valence-electron chi connectivity index (χ3n) is 7.75. The number of ketones is 2. The van der Waals surface area contributed by atoms with Gasteiger partial charge in [0.05, 0.1) is 5.57 Å². The van der Waals surface area contributed by atoms with Gasteiger partial charge in [0.25, 0.3) is 0 Å². The molecular weight excluding hydrogens is 516 g/mol. The zero-order chi connectivity index (χ0) is 30.0. The van der Waals surface area contributed by atoms with Gasteiger partial charge in [0, 0.05) is 0 Å². The maximum atomic E-state index is 13.3. The number of allylic oxidation sites excluding steroid dienone is 6. The van der Waals surface area contributed by atoms with Crippen molar-refractivity contribution < 1.29 is 30.0 Å². The molecule has 1 aliphatic rings. The number of carbonyl (C=O) groups excluding carboxylic acids is 2. The van der Waals surface area contributed by atoms with Crippen molar-refractivity contribution in [3.8, 4) is 23.0 Å². The highest BCUT2D eigenvalue weighted by Gasteiger charge is 2.26. The number of hydrogen-bond donors (Lipinski definition) is 4. The van der Waals surface area contributed by atoms with Gasteiger partial charge in [-0.15, -0.1) is 0 Å². The molecule has 2 unspecified atom stereocenters. The zero-order valence-corrected chi connectivity index (χ0v) is 24.2. The van der Waals surface area contributed by atoms with E-state index in [1.165, 1.54) is 48.6 Å². The van der Waals surface area contributed by atoms with E-state index in [-0.39, 0.29) is 39.9 Å². The van der Waals surface area contributed by atoms with Crippen molar-refractivity contribution in [2.75, 3.05) is 0 Å². The molecule has 218 valence electrons. The molecule has 2 atom stereocenters. The van der Waals surface area contributed by atoms with Crippen LogP contribution < -0.4 is 0 Å². The van der Waals surface area contributed by atoms with Crippen LogP contribution in [0, 0.1) is 17.3 Å². The second kappa shape index (κ2) is 14.5. The number of phenols is 4. The van der Waals surface area contributed by atoms with E-state index < -0.39 is 11.6 Å². The lowest BCUT2D eigenvalue weighted by molar-refractivity contribution is -0.116. The van der Waals surface area contributed by atoms with Crippen molar-refractivity contribution in [1.82, 2.24) is 0 Å². The topological polar surface area (TPSA) is 115 Å². The standard InChI is InChI=1S/C35H42O6/c1-4-5-18-35(2,3)19-17-24-7-6-8-27(20-24)21-28(29(36)13-9-25-11-15-31(38)33(40)22-25)30(37)14-10-26-12-16-32(39)34(41)23-26/h4-5,9-16,21-24,27,38-41H,6-8,17-20H2,1-3H3. The molecule has 6 nitrogen and oxygen atoms in total. The van der Waals surface area contributed by atoms with E-state index in [0.717, 1.165) is 44.9 Å². The molecule has 0 aliphatic heterocycles. The predicted octanol–water partition coefficient (Wildman–Crippen LogP) is 7.88. The molecule has 3 rings (SSSR count). The Balaban J connectivity index is 1.81. The third kappa shape index (κ3) is 9.82. The van der Waals surface area contributed by atoms with Crippen molar-refractivity contribution in [1.29, 1.82) is 0 Å². The van der Waals surface area contributed by atoms with Gasteiger partial charge >= 0.3 is 0 Å². The highest BCUT2D eigenvalue weighted by Crippen LogP contribution is 2.37. The van der Waals surface area contributed by atoms with Crippen LogP contribution in [0.5, 0.6) is 23.0 Å². The Hall–Kier alpha value is -4.06. The molecular formula is C35H42O6.